The van der Waals surface area contributed by atoms with Crippen molar-refractivity contribution >= 4 is 60.9 Å². The molecule has 0 aliphatic heterocycles. The highest BCUT2D eigenvalue weighted by Gasteiger charge is 2.39. The van der Waals surface area contributed by atoms with E-state index in [0.717, 1.165) is 60.9 Å². The summed E-state index contributed by atoms with van der Waals surface area (Å²) in [6.45, 7) is 9.35. The van der Waals surface area contributed by atoms with Gasteiger partial charge in [0.2, 0.25) is 0 Å². The molecule has 0 atom stereocenters. The van der Waals surface area contributed by atoms with Crippen molar-refractivity contribution in [2.24, 2.45) is 0 Å². The summed E-state index contributed by atoms with van der Waals surface area (Å²) in [7, 11) is 0. The molecule has 0 unspecified atom stereocenters. The third-order valence-electron chi connectivity index (χ3n) is 11.8. The van der Waals surface area contributed by atoms with E-state index in [1.165, 1.54) is 44.5 Å². The third kappa shape index (κ3) is 3.68. The van der Waals surface area contributed by atoms with Crippen molar-refractivity contribution in [3.63, 3.8) is 0 Å². The Hall–Kier alpha value is -6.06. The molecule has 3 heteroatoms. The molecule has 3 nitrogen and oxygen atoms in total. The summed E-state index contributed by atoms with van der Waals surface area (Å²) in [5.74, 6) is 0. The van der Waals surface area contributed by atoms with Crippen LogP contribution in [0.5, 0.6) is 0 Å². The molecule has 2 heterocycles. The molecule has 2 aliphatic rings. The molecule has 0 amide bonds. The van der Waals surface area contributed by atoms with Crippen LogP contribution in [0.2, 0.25) is 0 Å². The number of hydrogen-bond acceptors (Lipinski definition) is 3. The second kappa shape index (κ2) is 9.80. The minimum Gasteiger partial charge on any atom is -0.456 e. The second-order valence-corrected chi connectivity index (χ2v) is 15.3. The lowest BCUT2D eigenvalue weighted by Crippen LogP contribution is -2.16. The minimum atomic E-state index is -0.193. The van der Waals surface area contributed by atoms with Crippen molar-refractivity contribution in [3.8, 4) is 22.3 Å². The van der Waals surface area contributed by atoms with Gasteiger partial charge < -0.3 is 13.7 Å². The summed E-state index contributed by atoms with van der Waals surface area (Å²) < 4.78 is 13.4. The van der Waals surface area contributed by atoms with Gasteiger partial charge in [0.05, 0.1) is 22.1 Å². The van der Waals surface area contributed by atoms with E-state index < -0.39 is 0 Å². The van der Waals surface area contributed by atoms with Gasteiger partial charge in [-0.25, -0.2) is 0 Å². The highest BCUT2D eigenvalue weighted by Crippen LogP contribution is 2.55. The zero-order valence-electron chi connectivity index (χ0n) is 29.0. The summed E-state index contributed by atoms with van der Waals surface area (Å²) >= 11 is 0. The number of nitrogens with zero attached hydrogens (tertiary/aromatic N) is 1. The van der Waals surface area contributed by atoms with E-state index in [1.54, 1.807) is 0 Å². The lowest BCUT2D eigenvalue weighted by molar-refractivity contribution is 0.620. The summed E-state index contributed by atoms with van der Waals surface area (Å²) in [5, 5.41) is 4.43. The Labute approximate surface area is 296 Å². The van der Waals surface area contributed by atoms with Gasteiger partial charge in [-0.2, -0.15) is 0 Å². The Morgan fingerprint density at radius 2 is 1.00 bits per heavy atom. The number of anilines is 3. The fourth-order valence-corrected chi connectivity index (χ4v) is 9.48. The molecule has 244 valence electrons. The minimum absolute atomic E-state index is 0.141. The van der Waals surface area contributed by atoms with E-state index in [1.807, 2.05) is 6.07 Å². The SMILES string of the molecule is CC1(C)c2ccccc2-c2ccc(N(c3cccc4oc5ccccc5c34)c3cccc4oc5c6c(ccc5c34)-c3ccccc3C6(C)C)cc21. The molecule has 11 rings (SSSR count). The molecule has 2 aromatic heterocycles. The maximum absolute atomic E-state index is 6.97. The largest absolute Gasteiger partial charge is 0.456 e. The van der Waals surface area contributed by atoms with Crippen LogP contribution in [0.15, 0.2) is 148 Å². The van der Waals surface area contributed by atoms with Crippen molar-refractivity contribution in [3.05, 3.63) is 162 Å². The summed E-state index contributed by atoms with van der Waals surface area (Å²) in [5.41, 5.74) is 17.0. The van der Waals surface area contributed by atoms with Gasteiger partial charge in [0.15, 0.2) is 0 Å². The van der Waals surface area contributed by atoms with Gasteiger partial charge in [-0.05, 0) is 87.5 Å². The first-order valence-electron chi connectivity index (χ1n) is 17.9. The number of para-hydroxylation sites is 1. The van der Waals surface area contributed by atoms with Crippen molar-refractivity contribution in [2.45, 2.75) is 38.5 Å². The molecule has 0 spiro atoms. The molecule has 0 saturated heterocycles. The normalized spacial score (nSPS) is 15.0. The highest BCUT2D eigenvalue weighted by molar-refractivity contribution is 6.19. The van der Waals surface area contributed by atoms with Gasteiger partial charge in [-0.3, -0.25) is 0 Å². The fraction of sp³-hybridized carbons (Fsp3) is 0.125. The molecule has 9 aromatic rings. The van der Waals surface area contributed by atoms with E-state index >= 15 is 0 Å². The van der Waals surface area contributed by atoms with Crippen LogP contribution in [0, 0.1) is 0 Å². The summed E-state index contributed by atoms with van der Waals surface area (Å²) in [6.07, 6.45) is 0. The van der Waals surface area contributed by atoms with Crippen LogP contribution >= 0.6 is 0 Å². The Bertz CT molecular complexity index is 2940. The monoisotopic (exact) mass is 657 g/mol. The van der Waals surface area contributed by atoms with Crippen LogP contribution in [0.1, 0.15) is 49.9 Å². The Morgan fingerprint density at radius 3 is 1.76 bits per heavy atom. The first-order chi connectivity index (χ1) is 24.8. The zero-order chi connectivity index (χ0) is 34.2. The highest BCUT2D eigenvalue weighted by atomic mass is 16.3. The average molecular weight is 658 g/mol. The Balaban J connectivity index is 1.23. The van der Waals surface area contributed by atoms with Crippen molar-refractivity contribution in [1.29, 1.82) is 0 Å². The molecule has 7 aromatic carbocycles. The topological polar surface area (TPSA) is 29.5 Å². The third-order valence-corrected chi connectivity index (χ3v) is 11.8. The predicted octanol–water partition coefficient (Wildman–Crippen LogP) is 13.6. The summed E-state index contributed by atoms with van der Waals surface area (Å²) in [6, 6.07) is 50.5. The first kappa shape index (κ1) is 28.7. The predicted molar refractivity (Wildman–Crippen MR) is 211 cm³/mol. The molecule has 51 heavy (non-hydrogen) atoms. The second-order valence-electron chi connectivity index (χ2n) is 15.3. The van der Waals surface area contributed by atoms with E-state index in [9.17, 15) is 0 Å². The Morgan fingerprint density at radius 1 is 0.431 bits per heavy atom. The van der Waals surface area contributed by atoms with Crippen molar-refractivity contribution < 1.29 is 8.83 Å². The Kier molecular flexibility index (Phi) is 5.52. The van der Waals surface area contributed by atoms with Gasteiger partial charge >= 0.3 is 0 Å². The van der Waals surface area contributed by atoms with Crippen LogP contribution in [0.3, 0.4) is 0 Å². The number of rotatable bonds is 3. The zero-order valence-corrected chi connectivity index (χ0v) is 29.0. The number of benzene rings is 7. The molecule has 0 fully saturated rings. The van der Waals surface area contributed by atoms with Gasteiger partial charge in [0, 0.05) is 32.9 Å². The molecular formula is C48H35NO2. The lowest BCUT2D eigenvalue weighted by Gasteiger charge is -2.29. The quantitative estimate of drug-likeness (QED) is 0.189. The fourth-order valence-electron chi connectivity index (χ4n) is 9.48. The molecular weight excluding hydrogens is 623 g/mol. The van der Waals surface area contributed by atoms with Gasteiger partial charge in [0.1, 0.15) is 22.3 Å². The van der Waals surface area contributed by atoms with Gasteiger partial charge in [0.25, 0.3) is 0 Å². The van der Waals surface area contributed by atoms with E-state index in [0.29, 0.717) is 0 Å². The van der Waals surface area contributed by atoms with Crippen LogP contribution in [0.25, 0.3) is 66.1 Å². The molecule has 0 bridgehead atoms. The van der Waals surface area contributed by atoms with Crippen LogP contribution in [0.4, 0.5) is 17.1 Å². The van der Waals surface area contributed by atoms with Gasteiger partial charge in [-0.15, -0.1) is 0 Å². The lowest BCUT2D eigenvalue weighted by atomic mass is 9.82. The summed E-state index contributed by atoms with van der Waals surface area (Å²) in [4.78, 5) is 2.44. The van der Waals surface area contributed by atoms with Crippen molar-refractivity contribution in [1.82, 2.24) is 0 Å². The maximum atomic E-state index is 6.97. The molecule has 0 N–H and O–H groups in total. The first-order valence-corrected chi connectivity index (χ1v) is 17.9. The number of fused-ring (bicyclic) bond motifs is 13. The van der Waals surface area contributed by atoms with E-state index in [2.05, 4.69) is 166 Å². The molecule has 0 saturated carbocycles. The maximum Gasteiger partial charge on any atom is 0.140 e. The standard InChI is InChI=1S/C48H35NO2/c1-47(2)35-16-8-5-13-29(35)31-24-23-28(27-37(31)47)49(38-18-11-21-41-43(38)33-15-7-10-20-40(33)50-41)39-19-12-22-42-44(39)34-26-25-32-30-14-6-9-17-36(30)48(3,4)45(32)46(34)51-42/h5-27H,1-4H3. The number of furan rings is 2. The van der Waals surface area contributed by atoms with Crippen molar-refractivity contribution in [2.75, 3.05) is 4.90 Å². The van der Waals surface area contributed by atoms with E-state index in [-0.39, 0.29) is 10.8 Å². The molecule has 0 radical (unpaired) electrons. The van der Waals surface area contributed by atoms with Crippen LogP contribution in [-0.4, -0.2) is 0 Å². The van der Waals surface area contributed by atoms with Gasteiger partial charge in [-0.1, -0.05) is 119 Å². The smallest absolute Gasteiger partial charge is 0.140 e. The average Bonchev–Trinajstić information content (AvgIpc) is 3.85. The molecule has 2 aliphatic carbocycles. The van der Waals surface area contributed by atoms with Crippen LogP contribution < -0.4 is 4.90 Å². The van der Waals surface area contributed by atoms with E-state index in [4.69, 9.17) is 8.83 Å². The number of hydrogen-bond donors (Lipinski definition) is 0. The van der Waals surface area contributed by atoms with Crippen LogP contribution in [-0.2, 0) is 10.8 Å².